The molecule has 2 bridgehead atoms. The summed E-state index contributed by atoms with van der Waals surface area (Å²) in [5.41, 5.74) is 0. The van der Waals surface area contributed by atoms with Crippen LogP contribution in [0.15, 0.2) is 17.1 Å². The average molecular weight is 191 g/mol. The van der Waals surface area contributed by atoms with Gasteiger partial charge in [0.1, 0.15) is 0 Å². The van der Waals surface area contributed by atoms with Gasteiger partial charge in [-0.15, -0.1) is 0 Å². The lowest BCUT2D eigenvalue weighted by Gasteiger charge is -2.28. The van der Waals surface area contributed by atoms with Crippen molar-refractivity contribution in [2.75, 3.05) is 0 Å². The van der Waals surface area contributed by atoms with E-state index in [1.807, 2.05) is 0 Å². The lowest BCUT2D eigenvalue weighted by molar-refractivity contribution is 0.257. The van der Waals surface area contributed by atoms with Gasteiger partial charge in [0.2, 0.25) is 0 Å². The fourth-order valence-corrected chi connectivity index (χ4v) is 3.87. The van der Waals surface area contributed by atoms with Crippen LogP contribution < -0.4 is 0 Å². The molecule has 5 atom stereocenters. The molecule has 1 nitrogen and oxygen atoms in total. The molecular weight excluding hydrogens is 178 g/mol. The van der Waals surface area contributed by atoms with Gasteiger partial charge < -0.3 is 0 Å². The van der Waals surface area contributed by atoms with E-state index in [1.54, 1.807) is 0 Å². The summed E-state index contributed by atoms with van der Waals surface area (Å²) in [5.74, 6) is 3.52. The number of isothiocyanates is 1. The molecule has 3 aliphatic rings. The number of hydrogen-bond acceptors (Lipinski definition) is 2. The number of thiocarbonyl (C=S) groups is 1. The Morgan fingerprint density at radius 2 is 2.23 bits per heavy atom. The summed E-state index contributed by atoms with van der Waals surface area (Å²) in [5, 5.41) is 2.56. The molecular formula is C11H13NS. The maximum Gasteiger partial charge on any atom is 0.0636 e. The van der Waals surface area contributed by atoms with E-state index >= 15 is 0 Å². The maximum atomic E-state index is 4.69. The second kappa shape index (κ2) is 2.76. The van der Waals surface area contributed by atoms with Gasteiger partial charge >= 0.3 is 0 Å². The van der Waals surface area contributed by atoms with E-state index in [4.69, 9.17) is 12.2 Å². The smallest absolute Gasteiger partial charge is 0.0636 e. The SMILES string of the molecule is S=C=N[C@H]1C[C@H]2C[C@@H]1[C@H]1CC=C[C@@H]21. The van der Waals surface area contributed by atoms with Crippen molar-refractivity contribution in [1.82, 2.24) is 0 Å². The molecule has 68 valence electrons. The molecule has 0 aromatic carbocycles. The normalized spacial score (nSPS) is 50.6. The number of aliphatic imine (C=N–C) groups is 1. The van der Waals surface area contributed by atoms with Crippen molar-refractivity contribution in [2.45, 2.75) is 25.3 Å². The van der Waals surface area contributed by atoms with Gasteiger partial charge in [-0.05, 0) is 55.2 Å². The van der Waals surface area contributed by atoms with Crippen molar-refractivity contribution >= 4 is 17.4 Å². The van der Waals surface area contributed by atoms with Gasteiger partial charge in [0.15, 0.2) is 0 Å². The first-order valence-electron chi connectivity index (χ1n) is 5.14. The molecule has 0 saturated heterocycles. The van der Waals surface area contributed by atoms with Crippen LogP contribution in [0.2, 0.25) is 0 Å². The highest BCUT2D eigenvalue weighted by molar-refractivity contribution is 7.78. The summed E-state index contributed by atoms with van der Waals surface area (Å²) in [6, 6.07) is 0.517. The third-order valence-electron chi connectivity index (χ3n) is 4.19. The minimum atomic E-state index is 0.517. The van der Waals surface area contributed by atoms with E-state index in [9.17, 15) is 0 Å². The summed E-state index contributed by atoms with van der Waals surface area (Å²) in [6.07, 6.45) is 8.74. The monoisotopic (exact) mass is 191 g/mol. The first kappa shape index (κ1) is 7.90. The van der Waals surface area contributed by atoms with E-state index in [-0.39, 0.29) is 0 Å². The summed E-state index contributed by atoms with van der Waals surface area (Å²) in [4.78, 5) is 4.30. The van der Waals surface area contributed by atoms with Crippen LogP contribution in [0.1, 0.15) is 19.3 Å². The largest absolute Gasteiger partial charge is 0.229 e. The van der Waals surface area contributed by atoms with Crippen LogP contribution in [0, 0.1) is 23.7 Å². The summed E-state index contributed by atoms with van der Waals surface area (Å²) < 4.78 is 0. The van der Waals surface area contributed by atoms with Crippen molar-refractivity contribution in [2.24, 2.45) is 28.7 Å². The van der Waals surface area contributed by atoms with E-state index in [1.165, 1.54) is 19.3 Å². The first-order chi connectivity index (χ1) is 6.40. The molecule has 0 amide bonds. The van der Waals surface area contributed by atoms with Crippen molar-refractivity contribution in [1.29, 1.82) is 0 Å². The van der Waals surface area contributed by atoms with E-state index in [0.29, 0.717) is 6.04 Å². The highest BCUT2D eigenvalue weighted by Gasteiger charge is 2.52. The van der Waals surface area contributed by atoms with Crippen LogP contribution in [0.4, 0.5) is 0 Å². The molecule has 2 fully saturated rings. The standard InChI is InChI=1S/C11H13NS/c13-6-12-11-5-7-4-10(11)9-3-1-2-8(7)9/h1-2,7-11H,3-5H2/t7-,8+,9+,10-,11+/m1/s1. The van der Waals surface area contributed by atoms with Crippen LogP contribution in [0.5, 0.6) is 0 Å². The van der Waals surface area contributed by atoms with Crippen molar-refractivity contribution < 1.29 is 0 Å². The van der Waals surface area contributed by atoms with Gasteiger partial charge in [-0.25, -0.2) is 4.99 Å². The fraction of sp³-hybridized carbons (Fsp3) is 0.727. The number of fused-ring (bicyclic) bond motifs is 5. The summed E-state index contributed by atoms with van der Waals surface area (Å²) in [6.45, 7) is 0. The molecule has 0 radical (unpaired) electrons. The van der Waals surface area contributed by atoms with E-state index in [0.717, 1.165) is 23.7 Å². The number of hydrogen-bond donors (Lipinski definition) is 0. The summed E-state index contributed by atoms with van der Waals surface area (Å²) >= 11 is 4.69. The minimum Gasteiger partial charge on any atom is -0.229 e. The number of allylic oxidation sites excluding steroid dienone is 2. The highest BCUT2D eigenvalue weighted by atomic mass is 32.1. The predicted molar refractivity (Wildman–Crippen MR) is 55.8 cm³/mol. The Bertz CT molecular complexity index is 303. The molecule has 0 aromatic heterocycles. The van der Waals surface area contributed by atoms with Crippen molar-refractivity contribution in [3.8, 4) is 0 Å². The van der Waals surface area contributed by atoms with Crippen LogP contribution in [-0.4, -0.2) is 11.2 Å². The zero-order valence-electron chi connectivity index (χ0n) is 7.52. The van der Waals surface area contributed by atoms with E-state index < -0.39 is 0 Å². The molecule has 0 aliphatic heterocycles. The third kappa shape index (κ3) is 0.992. The van der Waals surface area contributed by atoms with Gasteiger partial charge in [0.05, 0.1) is 11.2 Å². The summed E-state index contributed by atoms with van der Waals surface area (Å²) in [7, 11) is 0. The lowest BCUT2D eigenvalue weighted by atomic mass is 9.79. The first-order valence-corrected chi connectivity index (χ1v) is 5.54. The second-order valence-corrected chi connectivity index (χ2v) is 4.77. The number of rotatable bonds is 1. The Balaban J connectivity index is 1.87. The molecule has 0 unspecified atom stereocenters. The predicted octanol–water partition coefficient (Wildman–Crippen LogP) is 2.69. The Morgan fingerprint density at radius 3 is 3.08 bits per heavy atom. The molecule has 13 heavy (non-hydrogen) atoms. The van der Waals surface area contributed by atoms with E-state index in [2.05, 4.69) is 22.3 Å². The van der Waals surface area contributed by atoms with Crippen molar-refractivity contribution in [3.05, 3.63) is 12.2 Å². The van der Waals surface area contributed by atoms with Gasteiger partial charge in [-0.3, -0.25) is 0 Å². The molecule has 0 heterocycles. The van der Waals surface area contributed by atoms with Gasteiger partial charge in [-0.2, -0.15) is 0 Å². The quantitative estimate of drug-likeness (QED) is 0.352. The Morgan fingerprint density at radius 1 is 1.31 bits per heavy atom. The van der Waals surface area contributed by atoms with Crippen molar-refractivity contribution in [3.63, 3.8) is 0 Å². The lowest BCUT2D eigenvalue weighted by Crippen LogP contribution is -2.26. The zero-order valence-corrected chi connectivity index (χ0v) is 8.33. The molecule has 0 spiro atoms. The molecule has 2 saturated carbocycles. The van der Waals surface area contributed by atoms with Crippen LogP contribution in [0.25, 0.3) is 0 Å². The Hall–Kier alpha value is -0.460. The molecule has 0 aromatic rings. The Kier molecular flexibility index (Phi) is 1.68. The van der Waals surface area contributed by atoms with Gasteiger partial charge in [0, 0.05) is 0 Å². The van der Waals surface area contributed by atoms with Crippen LogP contribution in [-0.2, 0) is 0 Å². The zero-order chi connectivity index (χ0) is 8.84. The third-order valence-corrected chi connectivity index (χ3v) is 4.29. The topological polar surface area (TPSA) is 12.4 Å². The van der Waals surface area contributed by atoms with Crippen LogP contribution in [0.3, 0.4) is 0 Å². The fourth-order valence-electron chi connectivity index (χ4n) is 3.74. The molecule has 3 rings (SSSR count). The second-order valence-electron chi connectivity index (χ2n) is 4.59. The van der Waals surface area contributed by atoms with Gasteiger partial charge in [-0.1, -0.05) is 12.2 Å². The molecule has 0 N–H and O–H groups in total. The molecule has 3 aliphatic carbocycles. The minimum absolute atomic E-state index is 0.517. The maximum absolute atomic E-state index is 4.69. The van der Waals surface area contributed by atoms with Crippen LogP contribution >= 0.6 is 12.2 Å². The van der Waals surface area contributed by atoms with Gasteiger partial charge in [0.25, 0.3) is 0 Å². The Labute approximate surface area is 83.9 Å². The molecule has 2 heteroatoms. The average Bonchev–Trinajstić information content (AvgIpc) is 2.72. The highest BCUT2D eigenvalue weighted by Crippen LogP contribution is 2.57. The number of nitrogens with zero attached hydrogens (tertiary/aromatic N) is 1.